The predicted octanol–water partition coefficient (Wildman–Crippen LogP) is 2.23. The Bertz CT molecular complexity index is 609. The van der Waals surface area contributed by atoms with Gasteiger partial charge in [0.25, 0.3) is 5.56 Å². The Labute approximate surface area is 109 Å². The molecule has 2 aromatic rings. The van der Waals surface area contributed by atoms with Crippen molar-refractivity contribution in [3.63, 3.8) is 0 Å². The van der Waals surface area contributed by atoms with Crippen molar-refractivity contribution in [3.05, 3.63) is 46.0 Å². The standard InChI is InChI=1S/C12H13ClN4O/c1-17(2)9-6-4-3-5-8(9)16-11-10(13)12(18)15-7-14-11/h3-7H,1-2H3,(H2,14,15,16,18). The molecule has 0 atom stereocenters. The monoisotopic (exact) mass is 264 g/mol. The van der Waals surface area contributed by atoms with Crippen LogP contribution >= 0.6 is 11.6 Å². The number of halogens is 1. The second-order valence-electron chi connectivity index (χ2n) is 3.93. The second kappa shape index (κ2) is 5.10. The van der Waals surface area contributed by atoms with Crippen LogP contribution in [-0.4, -0.2) is 24.1 Å². The van der Waals surface area contributed by atoms with Crippen LogP contribution in [0.4, 0.5) is 17.2 Å². The zero-order valence-corrected chi connectivity index (χ0v) is 10.8. The SMILES string of the molecule is CN(C)c1ccccc1Nc1nc[nH]c(=O)c1Cl. The van der Waals surface area contributed by atoms with E-state index in [2.05, 4.69) is 15.3 Å². The Morgan fingerprint density at radius 1 is 1.33 bits per heavy atom. The van der Waals surface area contributed by atoms with E-state index in [1.54, 1.807) is 0 Å². The number of nitrogens with one attached hydrogen (secondary N) is 2. The molecule has 2 rings (SSSR count). The quantitative estimate of drug-likeness (QED) is 0.893. The maximum Gasteiger partial charge on any atom is 0.271 e. The maximum absolute atomic E-state index is 11.4. The van der Waals surface area contributed by atoms with Crippen LogP contribution in [0.25, 0.3) is 0 Å². The van der Waals surface area contributed by atoms with E-state index < -0.39 is 0 Å². The Morgan fingerprint density at radius 2 is 2.06 bits per heavy atom. The van der Waals surface area contributed by atoms with Crippen LogP contribution in [-0.2, 0) is 0 Å². The average molecular weight is 265 g/mol. The molecular weight excluding hydrogens is 252 g/mol. The van der Waals surface area contributed by atoms with Gasteiger partial charge in [0.2, 0.25) is 0 Å². The molecule has 0 saturated carbocycles. The number of hydrogen-bond acceptors (Lipinski definition) is 4. The molecule has 1 heterocycles. The van der Waals surface area contributed by atoms with E-state index in [0.717, 1.165) is 11.4 Å². The lowest BCUT2D eigenvalue weighted by molar-refractivity contribution is 1.11. The molecule has 0 radical (unpaired) electrons. The Morgan fingerprint density at radius 3 is 2.78 bits per heavy atom. The summed E-state index contributed by atoms with van der Waals surface area (Å²) in [6, 6.07) is 7.70. The topological polar surface area (TPSA) is 61.0 Å². The number of benzene rings is 1. The zero-order chi connectivity index (χ0) is 13.1. The summed E-state index contributed by atoms with van der Waals surface area (Å²) in [6.45, 7) is 0. The summed E-state index contributed by atoms with van der Waals surface area (Å²) in [5.74, 6) is 0.342. The normalized spacial score (nSPS) is 10.2. The van der Waals surface area contributed by atoms with Crippen LogP contribution < -0.4 is 15.8 Å². The van der Waals surface area contributed by atoms with Crippen LogP contribution in [0, 0.1) is 0 Å². The van der Waals surface area contributed by atoms with Crippen molar-refractivity contribution in [3.8, 4) is 0 Å². The summed E-state index contributed by atoms with van der Waals surface area (Å²) in [5, 5.41) is 3.11. The van der Waals surface area contributed by atoms with Gasteiger partial charge in [-0.25, -0.2) is 4.98 Å². The molecule has 6 heteroatoms. The maximum atomic E-state index is 11.4. The third kappa shape index (κ3) is 2.46. The van der Waals surface area contributed by atoms with Gasteiger partial charge in [-0.2, -0.15) is 0 Å². The number of aromatic amines is 1. The molecule has 5 nitrogen and oxygen atoms in total. The highest BCUT2D eigenvalue weighted by molar-refractivity contribution is 6.32. The lowest BCUT2D eigenvalue weighted by Gasteiger charge is -2.18. The minimum absolute atomic E-state index is 0.0473. The number of aromatic nitrogens is 2. The largest absolute Gasteiger partial charge is 0.376 e. The molecule has 2 N–H and O–H groups in total. The van der Waals surface area contributed by atoms with Gasteiger partial charge in [-0.15, -0.1) is 0 Å². The lowest BCUT2D eigenvalue weighted by Crippen LogP contribution is -2.13. The number of rotatable bonds is 3. The van der Waals surface area contributed by atoms with Gasteiger partial charge in [-0.1, -0.05) is 23.7 Å². The van der Waals surface area contributed by atoms with Gasteiger partial charge in [0.15, 0.2) is 5.82 Å². The predicted molar refractivity (Wildman–Crippen MR) is 73.9 cm³/mol. The van der Waals surface area contributed by atoms with Crippen molar-refractivity contribution in [2.24, 2.45) is 0 Å². The molecule has 0 fully saturated rings. The summed E-state index contributed by atoms with van der Waals surface area (Å²) >= 11 is 5.89. The number of anilines is 3. The fraction of sp³-hybridized carbons (Fsp3) is 0.167. The molecule has 18 heavy (non-hydrogen) atoms. The van der Waals surface area contributed by atoms with Crippen molar-refractivity contribution in [1.82, 2.24) is 9.97 Å². The molecule has 1 aromatic carbocycles. The molecule has 1 aromatic heterocycles. The molecule has 0 unspecified atom stereocenters. The third-order valence-corrected chi connectivity index (χ3v) is 2.79. The number of para-hydroxylation sites is 2. The second-order valence-corrected chi connectivity index (χ2v) is 4.31. The fourth-order valence-electron chi connectivity index (χ4n) is 1.57. The van der Waals surface area contributed by atoms with E-state index in [4.69, 9.17) is 11.6 Å². The van der Waals surface area contributed by atoms with Crippen LogP contribution in [0.15, 0.2) is 35.4 Å². The van der Waals surface area contributed by atoms with Gasteiger partial charge in [-0.05, 0) is 12.1 Å². The number of nitrogens with zero attached hydrogens (tertiary/aromatic N) is 2. The number of hydrogen-bond donors (Lipinski definition) is 2. The molecule has 0 aliphatic rings. The molecule has 0 spiro atoms. The van der Waals surface area contributed by atoms with Crippen LogP contribution in [0.2, 0.25) is 5.02 Å². The minimum atomic E-state index is -0.364. The van der Waals surface area contributed by atoms with Gasteiger partial charge in [0.05, 0.1) is 17.7 Å². The lowest BCUT2D eigenvalue weighted by atomic mass is 10.2. The molecule has 0 amide bonds. The van der Waals surface area contributed by atoms with E-state index >= 15 is 0 Å². The summed E-state index contributed by atoms with van der Waals surface area (Å²) in [5.41, 5.74) is 1.45. The first-order valence-corrected chi connectivity index (χ1v) is 5.74. The smallest absolute Gasteiger partial charge is 0.271 e. The van der Waals surface area contributed by atoms with Crippen LogP contribution in [0.5, 0.6) is 0 Å². The van der Waals surface area contributed by atoms with Crippen molar-refractivity contribution in [1.29, 1.82) is 0 Å². The minimum Gasteiger partial charge on any atom is -0.376 e. The van der Waals surface area contributed by atoms with E-state index in [9.17, 15) is 4.79 Å². The van der Waals surface area contributed by atoms with Crippen LogP contribution in [0.1, 0.15) is 0 Å². The van der Waals surface area contributed by atoms with Gasteiger partial charge in [0.1, 0.15) is 5.02 Å². The van der Waals surface area contributed by atoms with E-state index in [1.165, 1.54) is 6.33 Å². The first kappa shape index (κ1) is 12.4. The van der Waals surface area contributed by atoms with Crippen molar-refractivity contribution >= 4 is 28.8 Å². The average Bonchev–Trinajstić information content (AvgIpc) is 2.35. The van der Waals surface area contributed by atoms with E-state index in [0.29, 0.717) is 5.82 Å². The van der Waals surface area contributed by atoms with Crippen molar-refractivity contribution < 1.29 is 0 Å². The summed E-state index contributed by atoms with van der Waals surface area (Å²) in [4.78, 5) is 19.8. The zero-order valence-electron chi connectivity index (χ0n) is 10.1. The van der Waals surface area contributed by atoms with Gasteiger partial charge in [0, 0.05) is 14.1 Å². The summed E-state index contributed by atoms with van der Waals surface area (Å²) in [7, 11) is 3.88. The van der Waals surface area contributed by atoms with E-state index in [-0.39, 0.29) is 10.6 Å². The van der Waals surface area contributed by atoms with Crippen molar-refractivity contribution in [2.45, 2.75) is 0 Å². The van der Waals surface area contributed by atoms with Crippen molar-refractivity contribution in [2.75, 3.05) is 24.3 Å². The highest BCUT2D eigenvalue weighted by Gasteiger charge is 2.09. The molecule has 0 aliphatic heterocycles. The van der Waals surface area contributed by atoms with Gasteiger partial charge >= 0.3 is 0 Å². The molecule has 0 aliphatic carbocycles. The first-order valence-electron chi connectivity index (χ1n) is 5.36. The molecule has 0 bridgehead atoms. The van der Waals surface area contributed by atoms with Crippen LogP contribution in [0.3, 0.4) is 0 Å². The van der Waals surface area contributed by atoms with E-state index in [1.807, 2.05) is 43.3 Å². The Hall–Kier alpha value is -2.01. The summed E-state index contributed by atoms with van der Waals surface area (Å²) < 4.78 is 0. The molecule has 94 valence electrons. The molecule has 0 saturated heterocycles. The Kier molecular flexibility index (Phi) is 3.53. The third-order valence-electron chi connectivity index (χ3n) is 2.44. The fourth-order valence-corrected chi connectivity index (χ4v) is 1.72. The Balaban J connectivity index is 2.40. The highest BCUT2D eigenvalue weighted by atomic mass is 35.5. The highest BCUT2D eigenvalue weighted by Crippen LogP contribution is 2.27. The first-order chi connectivity index (χ1) is 8.59. The van der Waals surface area contributed by atoms with Gasteiger partial charge < -0.3 is 15.2 Å². The van der Waals surface area contributed by atoms with Gasteiger partial charge in [-0.3, -0.25) is 4.79 Å². The number of H-pyrrole nitrogens is 1. The molecular formula is C12H13ClN4O. The summed E-state index contributed by atoms with van der Waals surface area (Å²) in [6.07, 6.45) is 1.31.